The molecule has 115 heavy (non-hydrogen) atoms. The van der Waals surface area contributed by atoms with Crippen LogP contribution in [-0.4, -0.2) is 15.8 Å². The molecule has 0 atom stereocenters. The quantitative estimate of drug-likeness (QED) is 0.127. The highest BCUT2D eigenvalue weighted by molar-refractivity contribution is 7.00. The molecule has 4 nitrogen and oxygen atoms in total. The third-order valence-electron chi connectivity index (χ3n) is 24.6. The third-order valence-corrected chi connectivity index (χ3v) is 24.6. The lowest BCUT2D eigenvalue weighted by molar-refractivity contribution is 0.590. The third kappa shape index (κ3) is 12.7. The van der Waals surface area contributed by atoms with Gasteiger partial charge in [-0.05, 0) is 260 Å². The number of anilines is 6. The fraction of sp³-hybridized carbons (Fsp3) is 0.182. The lowest BCUT2D eigenvalue weighted by atomic mass is 9.33. The Morgan fingerprint density at radius 1 is 0.200 bits per heavy atom. The summed E-state index contributed by atoms with van der Waals surface area (Å²) in [4.78, 5) is 5.38. The molecule has 0 saturated heterocycles. The number of aromatic nitrogens is 2. The molecule has 0 aliphatic carbocycles. The van der Waals surface area contributed by atoms with Gasteiger partial charge in [-0.3, -0.25) is 0 Å². The molecule has 0 saturated carbocycles. The van der Waals surface area contributed by atoms with E-state index in [1.165, 1.54) is 110 Å². The number of nitrogens with zero attached hydrogens (tertiary/aromatic N) is 4. The van der Waals surface area contributed by atoms with Crippen LogP contribution in [0.4, 0.5) is 34.1 Å². The van der Waals surface area contributed by atoms with Crippen molar-refractivity contribution in [3.63, 3.8) is 0 Å². The van der Waals surface area contributed by atoms with Crippen molar-refractivity contribution >= 4 is 101 Å². The van der Waals surface area contributed by atoms with E-state index in [1.807, 2.05) is 0 Å². The molecule has 0 N–H and O–H groups in total. The van der Waals surface area contributed by atoms with Gasteiger partial charge in [0.05, 0.1) is 33.4 Å². The summed E-state index contributed by atoms with van der Waals surface area (Å²) in [6, 6.07) is 126. The monoisotopic (exact) mass is 1490 g/mol. The molecule has 0 unspecified atom stereocenters. The minimum Gasteiger partial charge on any atom is -0.311 e. The van der Waals surface area contributed by atoms with Crippen LogP contribution in [0.2, 0.25) is 0 Å². The molecule has 0 bridgehead atoms. The standard InChI is InChI=1S/C110H99BN4/c1-106(2,3)80-44-52-97-89(62-80)90-63-81(107(4,5)6)45-53-98(90)112(97)85-48-50-93-101(68-85)114(95-42-30-28-40-87(95)78-58-74(70-32-20-16-21-33-70)56-75(59-78)71-34-22-17-23-35-71)103-66-84(110(13,14)15)67-104-105(103)111(93)94-51-49-86(113-99-54-46-82(108(7,8)9)64-91(99)92-65-83(109(10,11)12)47-55-100(92)113)69-102(94)115(104)96-43-31-29-41-88(96)79-60-76(72-36-24-18-25-37-72)57-77(61-79)73-38-26-19-27-39-73/h16-69H,1-15H3. The molecule has 15 aromatic carbocycles. The number of fused-ring (bicyclic) bond motifs is 10. The van der Waals surface area contributed by atoms with Crippen molar-refractivity contribution < 1.29 is 0 Å². The summed E-state index contributed by atoms with van der Waals surface area (Å²) in [7, 11) is 0. The van der Waals surface area contributed by atoms with Gasteiger partial charge in [-0.1, -0.05) is 298 Å². The van der Waals surface area contributed by atoms with Gasteiger partial charge >= 0.3 is 0 Å². The molecule has 5 heteroatoms. The van der Waals surface area contributed by atoms with Gasteiger partial charge in [-0.25, -0.2) is 0 Å². The zero-order valence-corrected chi connectivity index (χ0v) is 69.0. The van der Waals surface area contributed by atoms with Crippen molar-refractivity contribution in [3.8, 4) is 78.1 Å². The van der Waals surface area contributed by atoms with E-state index in [9.17, 15) is 0 Å². The first-order valence-corrected chi connectivity index (χ1v) is 41.1. The van der Waals surface area contributed by atoms with Gasteiger partial charge in [0, 0.05) is 66.8 Å². The van der Waals surface area contributed by atoms with Crippen LogP contribution in [0.5, 0.6) is 0 Å². The maximum atomic E-state index is 2.69. The molecular formula is C110H99BN4. The Hall–Kier alpha value is -12.4. The molecule has 2 aliphatic rings. The van der Waals surface area contributed by atoms with E-state index in [1.54, 1.807) is 0 Å². The molecule has 19 rings (SSSR count). The van der Waals surface area contributed by atoms with Gasteiger partial charge in [0.1, 0.15) is 0 Å². The van der Waals surface area contributed by atoms with Gasteiger partial charge in [0.25, 0.3) is 6.71 Å². The van der Waals surface area contributed by atoms with E-state index in [0.29, 0.717) is 0 Å². The second kappa shape index (κ2) is 27.1. The Morgan fingerprint density at radius 3 is 0.757 bits per heavy atom. The fourth-order valence-corrected chi connectivity index (χ4v) is 18.2. The van der Waals surface area contributed by atoms with Crippen molar-refractivity contribution in [1.82, 2.24) is 9.13 Å². The number of para-hydroxylation sites is 2. The average molecular weight is 1490 g/mol. The number of hydrogen-bond donors (Lipinski definition) is 0. The molecule has 562 valence electrons. The van der Waals surface area contributed by atoms with E-state index >= 15 is 0 Å². The van der Waals surface area contributed by atoms with Crippen LogP contribution in [0.1, 0.15) is 132 Å². The zero-order valence-electron chi connectivity index (χ0n) is 69.0. The van der Waals surface area contributed by atoms with Crippen LogP contribution in [0.25, 0.3) is 122 Å². The first-order chi connectivity index (χ1) is 55.2. The summed E-state index contributed by atoms with van der Waals surface area (Å²) < 4.78 is 5.12. The summed E-state index contributed by atoms with van der Waals surface area (Å²) in [6.45, 7) is 35.0. The maximum Gasteiger partial charge on any atom is 0.252 e. The van der Waals surface area contributed by atoms with E-state index in [4.69, 9.17) is 0 Å². The fourth-order valence-electron chi connectivity index (χ4n) is 18.2. The molecule has 4 heterocycles. The van der Waals surface area contributed by atoms with Crippen LogP contribution in [-0.2, 0) is 27.1 Å². The predicted molar refractivity (Wildman–Crippen MR) is 495 cm³/mol. The molecule has 0 radical (unpaired) electrons. The highest BCUT2D eigenvalue weighted by atomic mass is 15.2. The van der Waals surface area contributed by atoms with Gasteiger partial charge < -0.3 is 18.9 Å². The van der Waals surface area contributed by atoms with Crippen molar-refractivity contribution in [3.05, 3.63) is 355 Å². The molecular weight excluding hydrogens is 1390 g/mol. The Kier molecular flexibility index (Phi) is 17.2. The minimum atomic E-state index is -0.327. The van der Waals surface area contributed by atoms with Crippen LogP contribution < -0.4 is 26.2 Å². The highest BCUT2D eigenvalue weighted by Crippen LogP contribution is 2.53. The lowest BCUT2D eigenvalue weighted by Gasteiger charge is -2.46. The SMILES string of the molecule is CC(C)(C)c1cc2c3c(c1)N(c1ccccc1-c1cc(-c4ccccc4)cc(-c4ccccc4)c1)c1cc(-n4c5ccc(C(C)(C)C)cc5c5cc(C(C)(C)C)ccc54)ccc1B3c1ccc(-n3c4ccc(C(C)(C)C)cc4c4cc(C(C)(C)C)ccc43)cc1N2c1ccccc1-c1cc(-c2ccccc2)cc(-c2ccccc2)c1. The largest absolute Gasteiger partial charge is 0.311 e. The predicted octanol–water partition coefficient (Wildman–Crippen LogP) is 28.5. The zero-order chi connectivity index (χ0) is 79.4. The Labute approximate surface area is 679 Å². The molecule has 0 amide bonds. The number of rotatable bonds is 10. The van der Waals surface area contributed by atoms with Crippen LogP contribution in [0.3, 0.4) is 0 Å². The van der Waals surface area contributed by atoms with E-state index < -0.39 is 0 Å². The molecule has 0 fully saturated rings. The summed E-state index contributed by atoms with van der Waals surface area (Å²) in [5, 5.41) is 5.05. The Morgan fingerprint density at radius 2 is 0.470 bits per heavy atom. The topological polar surface area (TPSA) is 16.3 Å². The molecule has 2 aliphatic heterocycles. The summed E-state index contributed by atoms with van der Waals surface area (Å²) >= 11 is 0. The maximum absolute atomic E-state index is 2.69. The summed E-state index contributed by atoms with van der Waals surface area (Å²) in [6.07, 6.45) is 0. The van der Waals surface area contributed by atoms with Gasteiger partial charge in [0.2, 0.25) is 0 Å². The highest BCUT2D eigenvalue weighted by Gasteiger charge is 2.46. The van der Waals surface area contributed by atoms with E-state index in [0.717, 1.165) is 90.0 Å². The average Bonchev–Trinajstić information content (AvgIpc) is 0.948. The number of hydrogen-bond acceptors (Lipinski definition) is 2. The van der Waals surface area contributed by atoms with Crippen molar-refractivity contribution in [1.29, 1.82) is 0 Å². The molecule has 2 aromatic heterocycles. The molecule has 0 spiro atoms. The first kappa shape index (κ1) is 72.8. The smallest absolute Gasteiger partial charge is 0.252 e. The van der Waals surface area contributed by atoms with Crippen LogP contribution in [0, 0.1) is 0 Å². The Bertz CT molecular complexity index is 6060. The van der Waals surface area contributed by atoms with Gasteiger partial charge in [0.15, 0.2) is 0 Å². The van der Waals surface area contributed by atoms with E-state index in [2.05, 4.69) is 450 Å². The normalized spacial score (nSPS) is 13.1. The van der Waals surface area contributed by atoms with E-state index in [-0.39, 0.29) is 33.8 Å². The van der Waals surface area contributed by atoms with Crippen LogP contribution in [0.15, 0.2) is 328 Å². The number of benzene rings is 15. The summed E-state index contributed by atoms with van der Waals surface area (Å²) in [5.74, 6) is 0. The first-order valence-electron chi connectivity index (χ1n) is 41.1. The van der Waals surface area contributed by atoms with Gasteiger partial charge in [-0.2, -0.15) is 0 Å². The molecule has 17 aromatic rings. The second-order valence-electron chi connectivity index (χ2n) is 37.5. The minimum absolute atomic E-state index is 0.0611. The van der Waals surface area contributed by atoms with Crippen LogP contribution >= 0.6 is 0 Å². The summed E-state index contributed by atoms with van der Waals surface area (Å²) in [5.41, 5.74) is 37.3. The lowest BCUT2D eigenvalue weighted by Crippen LogP contribution is -2.61. The van der Waals surface area contributed by atoms with Crippen molar-refractivity contribution in [2.45, 2.75) is 131 Å². The van der Waals surface area contributed by atoms with Crippen molar-refractivity contribution in [2.75, 3.05) is 9.80 Å². The van der Waals surface area contributed by atoms with Gasteiger partial charge in [-0.15, -0.1) is 0 Å². The van der Waals surface area contributed by atoms with Crippen molar-refractivity contribution in [2.24, 2.45) is 0 Å². The second-order valence-corrected chi connectivity index (χ2v) is 37.5. The Balaban J connectivity index is 0.936.